The first-order valence-electron chi connectivity index (χ1n) is 9.50. The molecule has 1 saturated heterocycles. The standard InChI is InChI=1S/C22H24BrNO2S/c23-18-5-3-17(4-6-18)21-16-27-22-15-19(7-8-20(21)22)26-12-2-1-9-24-10-13-25-14-11-24/h3-8,15-16H,1-2,9-14H2. The molecule has 0 bridgehead atoms. The monoisotopic (exact) mass is 445 g/mol. The Morgan fingerprint density at radius 1 is 1.04 bits per heavy atom. The summed E-state index contributed by atoms with van der Waals surface area (Å²) in [7, 11) is 0. The third-order valence-electron chi connectivity index (χ3n) is 4.94. The van der Waals surface area contributed by atoms with E-state index in [9.17, 15) is 0 Å². The molecule has 0 atom stereocenters. The molecule has 0 amide bonds. The van der Waals surface area contributed by atoms with Crippen molar-refractivity contribution in [3.8, 4) is 16.9 Å². The van der Waals surface area contributed by atoms with Crippen molar-refractivity contribution in [3.05, 3.63) is 52.3 Å². The molecule has 0 spiro atoms. The molecule has 0 saturated carbocycles. The molecule has 0 radical (unpaired) electrons. The summed E-state index contributed by atoms with van der Waals surface area (Å²) in [5.74, 6) is 0.970. The van der Waals surface area contributed by atoms with E-state index in [0.717, 1.165) is 56.1 Å². The molecule has 142 valence electrons. The number of hydrogen-bond acceptors (Lipinski definition) is 4. The second kappa shape index (κ2) is 9.20. The van der Waals surface area contributed by atoms with E-state index in [-0.39, 0.29) is 0 Å². The molecule has 0 unspecified atom stereocenters. The van der Waals surface area contributed by atoms with Crippen molar-refractivity contribution in [3.63, 3.8) is 0 Å². The van der Waals surface area contributed by atoms with Gasteiger partial charge < -0.3 is 9.47 Å². The normalized spacial score (nSPS) is 15.3. The zero-order valence-corrected chi connectivity index (χ0v) is 17.7. The minimum atomic E-state index is 0.779. The Morgan fingerprint density at radius 2 is 1.85 bits per heavy atom. The second-order valence-electron chi connectivity index (χ2n) is 6.82. The molecule has 27 heavy (non-hydrogen) atoms. The highest BCUT2D eigenvalue weighted by atomic mass is 79.9. The van der Waals surface area contributed by atoms with Crippen LogP contribution in [0.3, 0.4) is 0 Å². The van der Waals surface area contributed by atoms with E-state index in [1.54, 1.807) is 11.3 Å². The zero-order chi connectivity index (χ0) is 18.5. The van der Waals surface area contributed by atoms with Gasteiger partial charge >= 0.3 is 0 Å². The third-order valence-corrected chi connectivity index (χ3v) is 6.42. The fourth-order valence-electron chi connectivity index (χ4n) is 3.40. The molecular weight excluding hydrogens is 422 g/mol. The molecular formula is C22H24BrNO2S. The summed E-state index contributed by atoms with van der Waals surface area (Å²) < 4.78 is 13.8. The summed E-state index contributed by atoms with van der Waals surface area (Å²) in [6.07, 6.45) is 2.26. The molecule has 0 N–H and O–H groups in total. The zero-order valence-electron chi connectivity index (χ0n) is 15.3. The molecule has 3 nitrogen and oxygen atoms in total. The second-order valence-corrected chi connectivity index (χ2v) is 8.65. The molecule has 1 aromatic heterocycles. The van der Waals surface area contributed by atoms with Crippen LogP contribution in [0.4, 0.5) is 0 Å². The van der Waals surface area contributed by atoms with Gasteiger partial charge in [-0.3, -0.25) is 4.90 Å². The highest BCUT2D eigenvalue weighted by Crippen LogP contribution is 2.36. The molecule has 0 aliphatic carbocycles. The Balaban J connectivity index is 1.31. The lowest BCUT2D eigenvalue weighted by atomic mass is 10.1. The van der Waals surface area contributed by atoms with Crippen LogP contribution in [0.25, 0.3) is 21.2 Å². The van der Waals surface area contributed by atoms with Crippen molar-refractivity contribution in [1.29, 1.82) is 0 Å². The first kappa shape index (κ1) is 18.9. The Kier molecular flexibility index (Phi) is 6.45. The van der Waals surface area contributed by atoms with Gasteiger partial charge in [0, 0.05) is 33.2 Å². The summed E-state index contributed by atoms with van der Waals surface area (Å²) in [5, 5.41) is 3.53. The van der Waals surface area contributed by atoms with Gasteiger partial charge in [0.25, 0.3) is 0 Å². The topological polar surface area (TPSA) is 21.7 Å². The van der Waals surface area contributed by atoms with Crippen LogP contribution in [0.2, 0.25) is 0 Å². The first-order valence-corrected chi connectivity index (χ1v) is 11.2. The molecule has 1 aliphatic rings. The Morgan fingerprint density at radius 3 is 2.67 bits per heavy atom. The van der Waals surface area contributed by atoms with Crippen molar-refractivity contribution in [1.82, 2.24) is 4.90 Å². The largest absolute Gasteiger partial charge is 0.494 e. The lowest BCUT2D eigenvalue weighted by Gasteiger charge is -2.26. The minimum absolute atomic E-state index is 0.779. The van der Waals surface area contributed by atoms with E-state index in [1.165, 1.54) is 27.6 Å². The maximum absolute atomic E-state index is 5.99. The van der Waals surface area contributed by atoms with Crippen LogP contribution >= 0.6 is 27.3 Å². The summed E-state index contributed by atoms with van der Waals surface area (Å²) in [6, 6.07) is 14.9. The lowest BCUT2D eigenvalue weighted by molar-refractivity contribution is 0.0368. The van der Waals surface area contributed by atoms with Crippen molar-refractivity contribution in [2.45, 2.75) is 12.8 Å². The molecule has 5 heteroatoms. The van der Waals surface area contributed by atoms with Crippen LogP contribution in [-0.4, -0.2) is 44.4 Å². The number of morpholine rings is 1. The Labute approximate surface area is 173 Å². The number of unbranched alkanes of at least 4 members (excludes halogenated alkanes) is 1. The Hall–Kier alpha value is -1.40. The fourth-order valence-corrected chi connectivity index (χ4v) is 4.66. The van der Waals surface area contributed by atoms with Crippen LogP contribution < -0.4 is 4.74 Å². The molecule has 2 heterocycles. The van der Waals surface area contributed by atoms with E-state index < -0.39 is 0 Å². The van der Waals surface area contributed by atoms with E-state index in [1.807, 2.05) is 0 Å². The van der Waals surface area contributed by atoms with Gasteiger partial charge in [0.2, 0.25) is 0 Å². The molecule has 1 aliphatic heterocycles. The van der Waals surface area contributed by atoms with Crippen molar-refractivity contribution >= 4 is 37.4 Å². The predicted molar refractivity (Wildman–Crippen MR) is 117 cm³/mol. The van der Waals surface area contributed by atoms with E-state index in [2.05, 4.69) is 68.7 Å². The lowest BCUT2D eigenvalue weighted by Crippen LogP contribution is -2.36. The van der Waals surface area contributed by atoms with Crippen molar-refractivity contribution in [2.24, 2.45) is 0 Å². The van der Waals surface area contributed by atoms with E-state index in [4.69, 9.17) is 9.47 Å². The quantitative estimate of drug-likeness (QED) is 0.427. The van der Waals surface area contributed by atoms with Crippen LogP contribution in [0.5, 0.6) is 5.75 Å². The average molecular weight is 446 g/mol. The number of hydrogen-bond donors (Lipinski definition) is 0. The number of fused-ring (bicyclic) bond motifs is 1. The van der Waals surface area contributed by atoms with Crippen LogP contribution in [-0.2, 0) is 4.74 Å². The summed E-state index contributed by atoms with van der Waals surface area (Å²) in [6.45, 7) is 5.81. The van der Waals surface area contributed by atoms with Gasteiger partial charge in [-0.25, -0.2) is 0 Å². The van der Waals surface area contributed by atoms with Crippen LogP contribution in [0.1, 0.15) is 12.8 Å². The van der Waals surface area contributed by atoms with E-state index >= 15 is 0 Å². The molecule has 1 fully saturated rings. The molecule has 2 aromatic carbocycles. The van der Waals surface area contributed by atoms with Gasteiger partial charge in [-0.15, -0.1) is 11.3 Å². The number of ether oxygens (including phenoxy) is 2. The third kappa shape index (κ3) is 4.91. The highest BCUT2D eigenvalue weighted by molar-refractivity contribution is 9.10. The molecule has 3 aromatic rings. The molecule has 4 rings (SSSR count). The highest BCUT2D eigenvalue weighted by Gasteiger charge is 2.10. The SMILES string of the molecule is Brc1ccc(-c2csc3cc(OCCCCN4CCOCC4)ccc23)cc1. The number of halogens is 1. The van der Waals surface area contributed by atoms with Crippen LogP contribution in [0.15, 0.2) is 52.3 Å². The fraction of sp³-hybridized carbons (Fsp3) is 0.364. The number of rotatable bonds is 7. The number of nitrogens with zero attached hydrogens (tertiary/aromatic N) is 1. The maximum atomic E-state index is 5.99. The number of benzene rings is 2. The van der Waals surface area contributed by atoms with E-state index in [0.29, 0.717) is 0 Å². The maximum Gasteiger partial charge on any atom is 0.120 e. The van der Waals surface area contributed by atoms with Gasteiger partial charge in [0.15, 0.2) is 0 Å². The Bertz CT molecular complexity index is 872. The van der Waals surface area contributed by atoms with Gasteiger partial charge in [-0.2, -0.15) is 0 Å². The van der Waals surface area contributed by atoms with Gasteiger partial charge in [0.1, 0.15) is 5.75 Å². The van der Waals surface area contributed by atoms with Crippen molar-refractivity contribution < 1.29 is 9.47 Å². The summed E-state index contributed by atoms with van der Waals surface area (Å²) in [4.78, 5) is 2.48. The van der Waals surface area contributed by atoms with Gasteiger partial charge in [-0.1, -0.05) is 28.1 Å². The predicted octanol–water partition coefficient (Wildman–Crippen LogP) is 5.82. The summed E-state index contributed by atoms with van der Waals surface area (Å²) >= 11 is 5.28. The smallest absolute Gasteiger partial charge is 0.120 e. The minimum Gasteiger partial charge on any atom is -0.494 e. The van der Waals surface area contributed by atoms with Gasteiger partial charge in [0.05, 0.1) is 19.8 Å². The van der Waals surface area contributed by atoms with Gasteiger partial charge in [-0.05, 0) is 60.7 Å². The number of thiophene rings is 1. The summed E-state index contributed by atoms with van der Waals surface area (Å²) in [5.41, 5.74) is 2.54. The van der Waals surface area contributed by atoms with Crippen LogP contribution in [0, 0.1) is 0 Å². The average Bonchev–Trinajstić information content (AvgIpc) is 3.12. The first-order chi connectivity index (χ1) is 13.3. The van der Waals surface area contributed by atoms with Crippen molar-refractivity contribution in [2.75, 3.05) is 39.5 Å².